The van der Waals surface area contributed by atoms with Gasteiger partial charge >= 0.3 is 5.91 Å². The summed E-state index contributed by atoms with van der Waals surface area (Å²) in [5, 5.41) is 20.5. The Morgan fingerprint density at radius 3 is 2.43 bits per heavy atom. The SMILES string of the molecule is Cc1ccc(CSc2nnc(N3C(=O)C(=O)/C(=C(\O)c4ccc5c(c4)OCCO5)C3c3ccc(C(C)C)cc3)s2)cc1. The molecule has 0 radical (unpaired) electrons. The van der Waals surface area contributed by atoms with E-state index in [1.807, 2.05) is 31.2 Å². The first-order chi connectivity index (χ1) is 20.3. The summed E-state index contributed by atoms with van der Waals surface area (Å²) in [4.78, 5) is 28.5. The number of nitrogens with zero attached hydrogens (tertiary/aromatic N) is 3. The Kier molecular flexibility index (Phi) is 7.74. The zero-order valence-electron chi connectivity index (χ0n) is 23.4. The third kappa shape index (κ3) is 5.39. The molecule has 1 atom stereocenters. The minimum Gasteiger partial charge on any atom is -0.507 e. The van der Waals surface area contributed by atoms with E-state index in [4.69, 9.17) is 9.47 Å². The number of aromatic nitrogens is 2. The number of carbonyl (C=O) groups is 2. The van der Waals surface area contributed by atoms with Crippen LogP contribution in [0.3, 0.4) is 0 Å². The molecule has 1 N–H and O–H groups in total. The maximum absolute atomic E-state index is 13.6. The first-order valence-electron chi connectivity index (χ1n) is 13.6. The Morgan fingerprint density at radius 1 is 1.00 bits per heavy atom. The summed E-state index contributed by atoms with van der Waals surface area (Å²) in [6.45, 7) is 7.05. The van der Waals surface area contributed by atoms with Crippen LogP contribution in [0.15, 0.2) is 76.6 Å². The highest BCUT2D eigenvalue weighted by molar-refractivity contribution is 8.00. The molecule has 0 spiro atoms. The molecule has 2 aliphatic rings. The predicted octanol–water partition coefficient (Wildman–Crippen LogP) is 6.66. The highest BCUT2D eigenvalue weighted by Crippen LogP contribution is 2.45. The number of aliphatic hydroxyl groups is 1. The average Bonchev–Trinajstić information content (AvgIpc) is 3.58. The molecule has 42 heavy (non-hydrogen) atoms. The van der Waals surface area contributed by atoms with Crippen LogP contribution in [0.1, 0.15) is 53.6 Å². The number of hydrogen-bond donors (Lipinski definition) is 1. The fourth-order valence-electron chi connectivity index (χ4n) is 4.94. The van der Waals surface area contributed by atoms with Crippen molar-refractivity contribution in [3.8, 4) is 11.5 Å². The van der Waals surface area contributed by atoms with E-state index < -0.39 is 17.7 Å². The fraction of sp³-hybridized carbons (Fsp3) is 0.250. The van der Waals surface area contributed by atoms with E-state index >= 15 is 0 Å². The first kappa shape index (κ1) is 28.0. The van der Waals surface area contributed by atoms with E-state index in [1.54, 1.807) is 18.2 Å². The van der Waals surface area contributed by atoms with Crippen LogP contribution in [-0.2, 0) is 15.3 Å². The monoisotopic (exact) mass is 599 g/mol. The van der Waals surface area contributed by atoms with Gasteiger partial charge in [0.15, 0.2) is 15.8 Å². The summed E-state index contributed by atoms with van der Waals surface area (Å²) in [6.07, 6.45) is 0. The van der Waals surface area contributed by atoms with E-state index in [0.29, 0.717) is 57.0 Å². The standard InChI is InChI=1S/C32H29N3O5S2/c1-18(2)21-8-10-22(11-9-21)27-26(28(36)23-12-13-24-25(16-23)40-15-14-39-24)29(37)30(38)35(27)31-33-34-32(42-31)41-17-20-6-4-19(3)5-7-20/h4-13,16,18,27,36H,14-15,17H2,1-3H3/b28-26-. The van der Waals surface area contributed by atoms with Gasteiger partial charge in [0.25, 0.3) is 5.78 Å². The number of ether oxygens (including phenoxy) is 2. The molecule has 0 bridgehead atoms. The van der Waals surface area contributed by atoms with Gasteiger partial charge < -0.3 is 14.6 Å². The van der Waals surface area contributed by atoms with Gasteiger partial charge in [-0.3, -0.25) is 14.5 Å². The maximum Gasteiger partial charge on any atom is 0.301 e. The van der Waals surface area contributed by atoms with Gasteiger partial charge in [-0.1, -0.05) is 91.0 Å². The number of Topliss-reactive ketones (excluding diaryl/α,β-unsaturated/α-hetero) is 1. The van der Waals surface area contributed by atoms with Gasteiger partial charge in [-0.15, -0.1) is 10.2 Å². The highest BCUT2D eigenvalue weighted by Gasteiger charge is 2.48. The number of ketones is 1. The van der Waals surface area contributed by atoms with E-state index in [2.05, 4.69) is 48.3 Å². The van der Waals surface area contributed by atoms with Gasteiger partial charge in [0, 0.05) is 11.3 Å². The van der Waals surface area contributed by atoms with Crippen LogP contribution in [0.2, 0.25) is 0 Å². The number of benzene rings is 3. The number of anilines is 1. The van der Waals surface area contributed by atoms with Gasteiger partial charge in [0.1, 0.15) is 19.0 Å². The van der Waals surface area contributed by atoms with Gasteiger partial charge in [-0.2, -0.15) is 0 Å². The van der Waals surface area contributed by atoms with Crippen molar-refractivity contribution in [1.82, 2.24) is 10.2 Å². The van der Waals surface area contributed by atoms with E-state index in [1.165, 1.54) is 33.6 Å². The van der Waals surface area contributed by atoms with Crippen LogP contribution >= 0.6 is 23.1 Å². The van der Waals surface area contributed by atoms with Crippen LogP contribution in [0.4, 0.5) is 5.13 Å². The zero-order chi connectivity index (χ0) is 29.4. The lowest BCUT2D eigenvalue weighted by Crippen LogP contribution is -2.29. The third-order valence-corrected chi connectivity index (χ3v) is 9.39. The zero-order valence-corrected chi connectivity index (χ0v) is 25.0. The topological polar surface area (TPSA) is 102 Å². The Balaban J connectivity index is 1.39. The summed E-state index contributed by atoms with van der Waals surface area (Å²) < 4.78 is 12.0. The van der Waals surface area contributed by atoms with Crippen LogP contribution in [0, 0.1) is 6.92 Å². The molecule has 2 aliphatic heterocycles. The molecular formula is C32H29N3O5S2. The van der Waals surface area contributed by atoms with E-state index in [-0.39, 0.29) is 11.3 Å². The average molecular weight is 600 g/mol. The Morgan fingerprint density at radius 2 is 1.71 bits per heavy atom. The summed E-state index contributed by atoms with van der Waals surface area (Å²) in [7, 11) is 0. The largest absolute Gasteiger partial charge is 0.507 e. The Hall–Kier alpha value is -4.15. The summed E-state index contributed by atoms with van der Waals surface area (Å²) >= 11 is 2.76. The molecule has 0 saturated carbocycles. The Bertz CT molecular complexity index is 1680. The number of aryl methyl sites for hydroxylation is 1. The van der Waals surface area contributed by atoms with Crippen molar-refractivity contribution in [2.75, 3.05) is 18.1 Å². The number of hydrogen-bond acceptors (Lipinski definition) is 9. The maximum atomic E-state index is 13.6. The fourth-order valence-corrected chi connectivity index (χ4v) is 6.77. The molecule has 10 heteroatoms. The van der Waals surface area contributed by atoms with E-state index in [9.17, 15) is 14.7 Å². The molecule has 1 saturated heterocycles. The minimum absolute atomic E-state index is 0.0157. The molecular weight excluding hydrogens is 571 g/mol. The quantitative estimate of drug-likeness (QED) is 0.0828. The van der Waals surface area contributed by atoms with Crippen molar-refractivity contribution in [2.24, 2.45) is 0 Å². The van der Waals surface area contributed by atoms with E-state index in [0.717, 1.165) is 11.1 Å². The lowest BCUT2D eigenvalue weighted by Gasteiger charge is -2.23. The molecule has 6 rings (SSSR count). The lowest BCUT2D eigenvalue weighted by molar-refractivity contribution is -0.132. The molecule has 4 aromatic rings. The van der Waals surface area contributed by atoms with Crippen molar-refractivity contribution in [1.29, 1.82) is 0 Å². The number of fused-ring (bicyclic) bond motifs is 1. The van der Waals surface area contributed by atoms with Crippen LogP contribution < -0.4 is 14.4 Å². The number of amides is 1. The summed E-state index contributed by atoms with van der Waals surface area (Å²) in [6, 6.07) is 20.1. The Labute approximate surface area is 252 Å². The molecule has 1 unspecified atom stereocenters. The third-order valence-electron chi connectivity index (χ3n) is 7.26. The van der Waals surface area contributed by atoms with Crippen molar-refractivity contribution in [2.45, 2.75) is 42.8 Å². The highest BCUT2D eigenvalue weighted by atomic mass is 32.2. The molecule has 3 heterocycles. The van der Waals surface area contributed by atoms with Gasteiger partial charge in [0.05, 0.1) is 11.6 Å². The smallest absolute Gasteiger partial charge is 0.301 e. The van der Waals surface area contributed by atoms with Crippen molar-refractivity contribution in [3.05, 3.63) is 100 Å². The van der Waals surface area contributed by atoms with Gasteiger partial charge in [-0.05, 0) is 47.7 Å². The first-order valence-corrected chi connectivity index (χ1v) is 15.4. The van der Waals surface area contributed by atoms with Crippen molar-refractivity contribution < 1.29 is 24.2 Å². The normalized spacial score (nSPS) is 17.7. The second-order valence-electron chi connectivity index (χ2n) is 10.5. The van der Waals surface area contributed by atoms with Crippen LogP contribution in [0.25, 0.3) is 5.76 Å². The molecule has 8 nitrogen and oxygen atoms in total. The van der Waals surface area contributed by atoms with Crippen LogP contribution in [-0.4, -0.2) is 40.2 Å². The molecule has 1 amide bonds. The number of rotatable bonds is 7. The lowest BCUT2D eigenvalue weighted by atomic mass is 9.93. The van der Waals surface area contributed by atoms with Gasteiger partial charge in [-0.25, -0.2) is 0 Å². The van der Waals surface area contributed by atoms with Gasteiger partial charge in [0.2, 0.25) is 5.13 Å². The molecule has 0 aliphatic carbocycles. The van der Waals surface area contributed by atoms with Crippen molar-refractivity contribution in [3.63, 3.8) is 0 Å². The molecule has 1 aromatic heterocycles. The second-order valence-corrected chi connectivity index (χ2v) is 12.7. The van der Waals surface area contributed by atoms with Crippen molar-refractivity contribution >= 4 is 45.7 Å². The summed E-state index contributed by atoms with van der Waals surface area (Å²) in [5.74, 6) is 0.185. The summed E-state index contributed by atoms with van der Waals surface area (Å²) in [5.41, 5.74) is 4.48. The second kappa shape index (κ2) is 11.6. The minimum atomic E-state index is -0.887. The van der Waals surface area contributed by atoms with Crippen LogP contribution in [0.5, 0.6) is 11.5 Å². The molecule has 214 valence electrons. The number of carbonyl (C=O) groups excluding carboxylic acids is 2. The predicted molar refractivity (Wildman–Crippen MR) is 163 cm³/mol. The molecule has 1 fully saturated rings. The number of thioether (sulfide) groups is 1. The molecule has 3 aromatic carbocycles. The number of aliphatic hydroxyl groups excluding tert-OH is 1.